The first-order chi connectivity index (χ1) is 15.1. The van der Waals surface area contributed by atoms with E-state index in [2.05, 4.69) is 5.32 Å². The van der Waals surface area contributed by atoms with Crippen molar-refractivity contribution in [2.75, 3.05) is 25.0 Å². The second kappa shape index (κ2) is 9.46. The average Bonchev–Trinajstić information content (AvgIpc) is 3.00. The molecule has 1 N–H and O–H groups in total. The van der Waals surface area contributed by atoms with Gasteiger partial charge in [0.05, 0.1) is 6.61 Å². The minimum Gasteiger partial charge on any atom is -0.462 e. The van der Waals surface area contributed by atoms with Gasteiger partial charge < -0.3 is 14.6 Å². The van der Waals surface area contributed by atoms with Gasteiger partial charge in [0, 0.05) is 43.1 Å². The smallest absolute Gasteiger partial charge is 0.341 e. The molecule has 1 saturated heterocycles. The van der Waals surface area contributed by atoms with E-state index < -0.39 is 16.0 Å². The van der Waals surface area contributed by atoms with Crippen LogP contribution in [0.15, 0.2) is 29.2 Å². The van der Waals surface area contributed by atoms with Crippen molar-refractivity contribution in [2.45, 2.75) is 45.4 Å². The predicted octanol–water partition coefficient (Wildman–Crippen LogP) is 3.17. The molecule has 0 saturated carbocycles. The summed E-state index contributed by atoms with van der Waals surface area (Å²) in [6.07, 6.45) is 0.826. The molecule has 8 nitrogen and oxygen atoms in total. The lowest BCUT2D eigenvalue weighted by Gasteiger charge is -2.30. The van der Waals surface area contributed by atoms with Gasteiger partial charge in [-0.25, -0.2) is 13.2 Å². The molecule has 0 spiro atoms. The highest BCUT2D eigenvalue weighted by Crippen LogP contribution is 2.32. The van der Waals surface area contributed by atoms with Crippen molar-refractivity contribution in [3.63, 3.8) is 0 Å². The summed E-state index contributed by atoms with van der Waals surface area (Å²) in [6, 6.07) is 7.56. The standard InChI is InChI=1S/C23H31N3O5S/c1-6-31-23(28)20-16(3)25(5)17(4)21(20)32(29,30)26-13-11-18(12-14-26)22(27)24-19-9-7-15(2)8-10-19/h7-10,18H,6,11-14H2,1-5H3,(H,24,27). The van der Waals surface area contributed by atoms with Crippen LogP contribution in [-0.4, -0.2) is 48.9 Å². The number of anilines is 1. The van der Waals surface area contributed by atoms with Gasteiger partial charge in [0.1, 0.15) is 10.5 Å². The molecule has 9 heteroatoms. The molecule has 3 rings (SSSR count). The number of esters is 1. The molecule has 1 amide bonds. The van der Waals surface area contributed by atoms with Crippen LogP contribution in [0.25, 0.3) is 0 Å². The minimum absolute atomic E-state index is 0.00138. The SMILES string of the molecule is CCOC(=O)c1c(S(=O)(=O)N2CCC(C(=O)Nc3ccc(C)cc3)CC2)c(C)n(C)c1C. The second-order valence-corrected chi connectivity index (χ2v) is 10.1. The number of nitrogens with zero attached hydrogens (tertiary/aromatic N) is 2. The van der Waals surface area contributed by atoms with E-state index in [9.17, 15) is 18.0 Å². The highest BCUT2D eigenvalue weighted by Gasteiger charge is 2.38. The number of hydrogen-bond acceptors (Lipinski definition) is 5. The summed E-state index contributed by atoms with van der Waals surface area (Å²) in [6.45, 7) is 7.64. The van der Waals surface area contributed by atoms with E-state index in [0.717, 1.165) is 11.3 Å². The number of aryl methyl sites for hydroxylation is 1. The van der Waals surface area contributed by atoms with Crippen LogP contribution in [0.4, 0.5) is 5.69 Å². The number of hydrogen-bond donors (Lipinski definition) is 1. The molecule has 0 bridgehead atoms. The van der Waals surface area contributed by atoms with Gasteiger partial charge in [0.25, 0.3) is 0 Å². The number of carbonyl (C=O) groups is 2. The molecular weight excluding hydrogens is 430 g/mol. The number of benzene rings is 1. The third-order valence-corrected chi connectivity index (χ3v) is 8.21. The number of nitrogens with one attached hydrogen (secondary N) is 1. The Kier molecular flexibility index (Phi) is 7.09. The van der Waals surface area contributed by atoms with Crippen LogP contribution in [-0.2, 0) is 26.6 Å². The van der Waals surface area contributed by atoms with E-state index >= 15 is 0 Å². The van der Waals surface area contributed by atoms with Gasteiger partial charge in [-0.2, -0.15) is 4.31 Å². The number of amides is 1. The van der Waals surface area contributed by atoms with Crippen molar-refractivity contribution >= 4 is 27.6 Å². The van der Waals surface area contributed by atoms with Crippen molar-refractivity contribution in [1.29, 1.82) is 0 Å². The van der Waals surface area contributed by atoms with Crippen LogP contribution >= 0.6 is 0 Å². The lowest BCUT2D eigenvalue weighted by Crippen LogP contribution is -2.41. The lowest BCUT2D eigenvalue weighted by atomic mass is 9.97. The van der Waals surface area contributed by atoms with Crippen LogP contribution in [0.1, 0.15) is 47.1 Å². The van der Waals surface area contributed by atoms with E-state index in [4.69, 9.17) is 4.74 Å². The Labute approximate surface area is 189 Å². The first-order valence-electron chi connectivity index (χ1n) is 10.8. The Bertz CT molecular complexity index is 1110. The van der Waals surface area contributed by atoms with Crippen LogP contribution in [0.2, 0.25) is 0 Å². The van der Waals surface area contributed by atoms with E-state index in [1.54, 1.807) is 32.4 Å². The molecule has 1 aliphatic heterocycles. The van der Waals surface area contributed by atoms with Gasteiger partial charge in [0.15, 0.2) is 0 Å². The first-order valence-corrected chi connectivity index (χ1v) is 12.2. The summed E-state index contributed by atoms with van der Waals surface area (Å²) >= 11 is 0. The van der Waals surface area contributed by atoms with Gasteiger partial charge in [-0.1, -0.05) is 17.7 Å². The zero-order chi connectivity index (χ0) is 23.6. The maximum atomic E-state index is 13.5. The van der Waals surface area contributed by atoms with Gasteiger partial charge in [-0.05, 0) is 52.7 Å². The second-order valence-electron chi connectivity index (χ2n) is 8.19. The molecule has 1 aliphatic rings. The van der Waals surface area contributed by atoms with E-state index in [1.165, 1.54) is 4.31 Å². The van der Waals surface area contributed by atoms with Crippen LogP contribution in [0.5, 0.6) is 0 Å². The van der Waals surface area contributed by atoms with E-state index in [1.807, 2.05) is 31.2 Å². The molecule has 0 unspecified atom stereocenters. The highest BCUT2D eigenvalue weighted by molar-refractivity contribution is 7.89. The third-order valence-electron chi connectivity index (χ3n) is 6.14. The Morgan fingerprint density at radius 3 is 2.22 bits per heavy atom. The maximum absolute atomic E-state index is 13.5. The summed E-state index contributed by atoms with van der Waals surface area (Å²) in [5, 5.41) is 2.91. The van der Waals surface area contributed by atoms with Crippen molar-refractivity contribution < 1.29 is 22.7 Å². The van der Waals surface area contributed by atoms with Crippen LogP contribution in [0.3, 0.4) is 0 Å². The van der Waals surface area contributed by atoms with Gasteiger partial charge in [-0.15, -0.1) is 0 Å². The average molecular weight is 462 g/mol. The lowest BCUT2D eigenvalue weighted by molar-refractivity contribution is -0.120. The number of aromatic nitrogens is 1. The van der Waals surface area contributed by atoms with Gasteiger partial charge >= 0.3 is 5.97 Å². The normalized spacial score (nSPS) is 15.5. The van der Waals surface area contributed by atoms with Crippen molar-refractivity contribution in [3.05, 3.63) is 46.8 Å². The molecule has 1 aromatic heterocycles. The molecule has 0 radical (unpaired) electrons. The molecule has 174 valence electrons. The van der Waals surface area contributed by atoms with Crippen molar-refractivity contribution in [2.24, 2.45) is 13.0 Å². The van der Waals surface area contributed by atoms with Crippen molar-refractivity contribution in [3.8, 4) is 0 Å². The number of ether oxygens (including phenoxy) is 1. The minimum atomic E-state index is -3.92. The van der Waals surface area contributed by atoms with E-state index in [0.29, 0.717) is 24.2 Å². The zero-order valence-electron chi connectivity index (χ0n) is 19.3. The molecular formula is C23H31N3O5S. The summed E-state index contributed by atoms with van der Waals surface area (Å²) in [5.74, 6) is -1.02. The zero-order valence-corrected chi connectivity index (χ0v) is 20.1. The number of sulfonamides is 1. The number of rotatable bonds is 6. The largest absolute Gasteiger partial charge is 0.462 e. The topological polar surface area (TPSA) is 97.7 Å². The van der Waals surface area contributed by atoms with Crippen LogP contribution < -0.4 is 5.32 Å². The Balaban J connectivity index is 1.76. The summed E-state index contributed by atoms with van der Waals surface area (Å²) in [5.41, 5.74) is 2.96. The van der Waals surface area contributed by atoms with Crippen LogP contribution in [0, 0.1) is 26.7 Å². The quantitative estimate of drug-likeness (QED) is 0.667. The maximum Gasteiger partial charge on any atom is 0.341 e. The Morgan fingerprint density at radius 1 is 1.06 bits per heavy atom. The predicted molar refractivity (Wildman–Crippen MR) is 122 cm³/mol. The fraction of sp³-hybridized carbons (Fsp3) is 0.478. The van der Waals surface area contributed by atoms with Crippen molar-refractivity contribution in [1.82, 2.24) is 8.87 Å². The molecule has 2 aromatic rings. The summed E-state index contributed by atoms with van der Waals surface area (Å²) in [4.78, 5) is 25.2. The van der Waals surface area contributed by atoms with Gasteiger partial charge in [-0.3, -0.25) is 4.79 Å². The molecule has 0 aliphatic carbocycles. The number of carbonyl (C=O) groups excluding carboxylic acids is 2. The fourth-order valence-electron chi connectivity index (χ4n) is 4.04. The summed E-state index contributed by atoms with van der Waals surface area (Å²) in [7, 11) is -2.19. The summed E-state index contributed by atoms with van der Waals surface area (Å²) < 4.78 is 35.2. The first kappa shape index (κ1) is 24.0. The molecule has 1 fully saturated rings. The molecule has 0 atom stereocenters. The molecule has 32 heavy (non-hydrogen) atoms. The van der Waals surface area contributed by atoms with Gasteiger partial charge in [0.2, 0.25) is 15.9 Å². The highest BCUT2D eigenvalue weighted by atomic mass is 32.2. The molecule has 1 aromatic carbocycles. The van der Waals surface area contributed by atoms with E-state index in [-0.39, 0.29) is 42.0 Å². The number of piperidine rings is 1. The monoisotopic (exact) mass is 461 g/mol. The molecule has 2 heterocycles. The third kappa shape index (κ3) is 4.59. The Hall–Kier alpha value is -2.65. The fourth-order valence-corrected chi connectivity index (χ4v) is 5.99. The Morgan fingerprint density at radius 2 is 1.66 bits per heavy atom.